The van der Waals surface area contributed by atoms with Crippen LogP contribution in [0.2, 0.25) is 0 Å². The molecule has 1 aromatic carbocycles. The first-order valence-electron chi connectivity index (χ1n) is 14.2. The SMILES string of the molecule is COc1ccc(-c2ccc(-c3cnn4c(N)c(S(C)(=O)=O)c(C5CC6CCC(C5)N6C(=O)c5nc(N)n[nH]5)nc34)cn2)cc1F. The molecule has 2 unspecified atom stereocenters. The minimum atomic E-state index is -3.81. The lowest BCUT2D eigenvalue weighted by molar-refractivity contribution is 0.0556. The van der Waals surface area contributed by atoms with Crippen LogP contribution < -0.4 is 16.2 Å². The molecule has 1 amide bonds. The van der Waals surface area contributed by atoms with Gasteiger partial charge in [0.05, 0.1) is 24.7 Å². The molecule has 0 saturated carbocycles. The second-order valence-corrected chi connectivity index (χ2v) is 13.3. The maximum atomic E-state index is 14.3. The third-order valence-electron chi connectivity index (χ3n) is 8.62. The maximum absolute atomic E-state index is 14.3. The molecule has 45 heavy (non-hydrogen) atoms. The number of piperidine rings is 1. The Hall–Kier alpha value is -5.12. The molecule has 0 aliphatic carbocycles. The molecule has 2 fully saturated rings. The largest absolute Gasteiger partial charge is 0.494 e. The van der Waals surface area contributed by atoms with Crippen LogP contribution in [-0.2, 0) is 9.84 Å². The fourth-order valence-corrected chi connectivity index (χ4v) is 7.71. The molecule has 0 spiro atoms. The second kappa shape index (κ2) is 10.5. The van der Waals surface area contributed by atoms with Gasteiger partial charge in [-0.2, -0.15) is 14.6 Å². The molecular formula is C29H29FN10O4S. The molecule has 5 N–H and O–H groups in total. The summed E-state index contributed by atoms with van der Waals surface area (Å²) in [7, 11) is -2.41. The monoisotopic (exact) mass is 632 g/mol. The number of aromatic amines is 1. The average molecular weight is 633 g/mol. The van der Waals surface area contributed by atoms with Gasteiger partial charge in [0, 0.05) is 47.1 Å². The van der Waals surface area contributed by atoms with Crippen molar-refractivity contribution in [2.24, 2.45) is 0 Å². The van der Waals surface area contributed by atoms with Crippen molar-refractivity contribution in [2.75, 3.05) is 24.8 Å². The highest BCUT2D eigenvalue weighted by Crippen LogP contribution is 2.45. The smallest absolute Gasteiger partial charge is 0.291 e. The van der Waals surface area contributed by atoms with Crippen LogP contribution in [0.3, 0.4) is 0 Å². The first-order valence-corrected chi connectivity index (χ1v) is 16.1. The van der Waals surface area contributed by atoms with Gasteiger partial charge in [0.25, 0.3) is 5.91 Å². The van der Waals surface area contributed by atoms with Crippen LogP contribution in [0.25, 0.3) is 28.0 Å². The fraction of sp³-hybridized carbons (Fsp3) is 0.310. The van der Waals surface area contributed by atoms with Crippen molar-refractivity contribution in [1.29, 1.82) is 0 Å². The van der Waals surface area contributed by atoms with E-state index in [1.807, 2.05) is 6.07 Å². The van der Waals surface area contributed by atoms with Crippen molar-refractivity contribution in [3.63, 3.8) is 0 Å². The summed E-state index contributed by atoms with van der Waals surface area (Å²) in [5.74, 6) is -0.903. The zero-order chi connectivity index (χ0) is 31.6. The molecule has 5 aromatic rings. The number of nitrogens with one attached hydrogen (secondary N) is 1. The highest BCUT2D eigenvalue weighted by Gasteiger charge is 2.46. The number of anilines is 2. The van der Waals surface area contributed by atoms with Crippen LogP contribution in [0.5, 0.6) is 5.75 Å². The van der Waals surface area contributed by atoms with Gasteiger partial charge in [0.2, 0.25) is 11.8 Å². The Bertz CT molecular complexity index is 2060. The molecule has 2 bridgehead atoms. The molecule has 14 nitrogen and oxygen atoms in total. The highest BCUT2D eigenvalue weighted by atomic mass is 32.2. The van der Waals surface area contributed by atoms with Crippen LogP contribution in [0.1, 0.15) is 47.9 Å². The van der Waals surface area contributed by atoms with Crippen LogP contribution in [0.4, 0.5) is 16.2 Å². The average Bonchev–Trinajstić information content (AvgIpc) is 3.71. The van der Waals surface area contributed by atoms with Crippen molar-refractivity contribution in [3.8, 4) is 28.1 Å². The minimum Gasteiger partial charge on any atom is -0.494 e. The molecule has 16 heteroatoms. The Morgan fingerprint density at radius 3 is 2.40 bits per heavy atom. The Morgan fingerprint density at radius 1 is 1.07 bits per heavy atom. The fourth-order valence-electron chi connectivity index (χ4n) is 6.65. The molecule has 2 atom stereocenters. The van der Waals surface area contributed by atoms with E-state index < -0.39 is 15.7 Å². The number of carbonyl (C=O) groups excluding carboxylic acids is 1. The first kappa shape index (κ1) is 28.6. The van der Waals surface area contributed by atoms with Crippen molar-refractivity contribution < 1.29 is 22.3 Å². The predicted molar refractivity (Wildman–Crippen MR) is 161 cm³/mol. The number of hydrogen-bond donors (Lipinski definition) is 3. The molecule has 4 aromatic heterocycles. The number of fused-ring (bicyclic) bond motifs is 3. The number of nitrogens with zero attached hydrogens (tertiary/aromatic N) is 7. The number of carbonyl (C=O) groups is 1. The number of hydrogen-bond acceptors (Lipinski definition) is 11. The normalized spacial score (nSPS) is 19.7. The minimum absolute atomic E-state index is 0.0116. The summed E-state index contributed by atoms with van der Waals surface area (Å²) in [5.41, 5.74) is 15.2. The summed E-state index contributed by atoms with van der Waals surface area (Å²) in [6.07, 6.45) is 6.80. The Morgan fingerprint density at radius 2 is 1.80 bits per heavy atom. The summed E-state index contributed by atoms with van der Waals surface area (Å²) < 4.78 is 46.8. The van der Waals surface area contributed by atoms with E-state index in [0.717, 1.165) is 19.1 Å². The number of benzene rings is 1. The van der Waals surface area contributed by atoms with E-state index in [-0.39, 0.29) is 52.1 Å². The van der Waals surface area contributed by atoms with Crippen LogP contribution in [0.15, 0.2) is 47.6 Å². The number of H-pyrrole nitrogens is 1. The van der Waals surface area contributed by atoms with Gasteiger partial charge in [-0.15, -0.1) is 5.10 Å². The zero-order valence-electron chi connectivity index (χ0n) is 24.3. The Labute approximate surface area is 256 Å². The molecule has 2 aliphatic heterocycles. The molecule has 0 radical (unpaired) electrons. The van der Waals surface area contributed by atoms with Gasteiger partial charge in [-0.3, -0.25) is 14.9 Å². The van der Waals surface area contributed by atoms with Crippen LogP contribution in [-0.4, -0.2) is 79.4 Å². The van der Waals surface area contributed by atoms with E-state index in [9.17, 15) is 17.6 Å². The number of halogens is 1. The second-order valence-electron chi connectivity index (χ2n) is 11.4. The van der Waals surface area contributed by atoms with Gasteiger partial charge in [-0.25, -0.2) is 17.8 Å². The first-order chi connectivity index (χ1) is 21.5. The van der Waals surface area contributed by atoms with E-state index in [1.54, 1.807) is 29.4 Å². The zero-order valence-corrected chi connectivity index (χ0v) is 25.1. The van der Waals surface area contributed by atoms with E-state index in [1.165, 1.54) is 23.8 Å². The maximum Gasteiger partial charge on any atom is 0.291 e. The van der Waals surface area contributed by atoms with Gasteiger partial charge in [0.1, 0.15) is 10.7 Å². The lowest BCUT2D eigenvalue weighted by atomic mass is 9.87. The molecule has 2 saturated heterocycles. The number of methoxy groups -OCH3 is 1. The summed E-state index contributed by atoms with van der Waals surface area (Å²) in [4.78, 5) is 28.4. The van der Waals surface area contributed by atoms with Crippen LogP contribution >= 0.6 is 0 Å². The highest BCUT2D eigenvalue weighted by molar-refractivity contribution is 7.91. The molecule has 7 rings (SSSR count). The van der Waals surface area contributed by atoms with Gasteiger partial charge in [0.15, 0.2) is 27.1 Å². The third-order valence-corrected chi connectivity index (χ3v) is 9.78. The molecule has 232 valence electrons. The van der Waals surface area contributed by atoms with Gasteiger partial charge in [-0.1, -0.05) is 6.07 Å². The van der Waals surface area contributed by atoms with Crippen molar-refractivity contribution >= 4 is 33.2 Å². The number of nitrogens with two attached hydrogens (primary N) is 2. The van der Waals surface area contributed by atoms with E-state index >= 15 is 0 Å². The summed E-state index contributed by atoms with van der Waals surface area (Å²) >= 11 is 0. The number of amides is 1. The van der Waals surface area contributed by atoms with Crippen molar-refractivity contribution in [3.05, 3.63) is 60.1 Å². The van der Waals surface area contributed by atoms with Crippen molar-refractivity contribution in [2.45, 2.75) is 48.6 Å². The van der Waals surface area contributed by atoms with E-state index in [4.69, 9.17) is 21.2 Å². The van der Waals surface area contributed by atoms with Gasteiger partial charge >= 0.3 is 0 Å². The molecular weight excluding hydrogens is 603 g/mol. The summed E-state index contributed by atoms with van der Waals surface area (Å²) in [5, 5.41) is 10.7. The van der Waals surface area contributed by atoms with Crippen LogP contribution in [0, 0.1) is 5.82 Å². The quantitative estimate of drug-likeness (QED) is 0.249. The predicted octanol–water partition coefficient (Wildman–Crippen LogP) is 2.84. The number of pyridine rings is 1. The summed E-state index contributed by atoms with van der Waals surface area (Å²) in [6.45, 7) is 0. The van der Waals surface area contributed by atoms with E-state index in [2.05, 4.69) is 25.3 Å². The number of rotatable bonds is 6. The standard InChI is InChI=1S/C29H29FN10O4S/c1-44-22-8-4-14(11-20(22)30)21-7-3-15(12-33-21)19-13-34-40-25(31)24(45(2,42)43)23(35-27(19)40)16-9-17-5-6-18(10-16)39(17)28(41)26-36-29(32)38-37-26/h3-4,7-8,11-13,16-18H,5-6,9-10,31H2,1-2H3,(H3,32,36,37,38). The number of nitrogen functional groups attached to an aromatic ring is 2. The number of aromatic nitrogens is 7. The topological polar surface area (TPSA) is 200 Å². The van der Waals surface area contributed by atoms with Crippen molar-refractivity contribution in [1.82, 2.24) is 39.7 Å². The third kappa shape index (κ3) is 4.81. The van der Waals surface area contributed by atoms with Gasteiger partial charge in [-0.05, 0) is 49.9 Å². The van der Waals surface area contributed by atoms with E-state index in [0.29, 0.717) is 46.6 Å². The Balaban J connectivity index is 1.25. The Kier molecular flexibility index (Phi) is 6.68. The number of ether oxygens (including phenoxy) is 1. The lowest BCUT2D eigenvalue weighted by Gasteiger charge is -2.38. The van der Waals surface area contributed by atoms with Gasteiger partial charge < -0.3 is 21.1 Å². The lowest BCUT2D eigenvalue weighted by Crippen LogP contribution is -2.46. The molecule has 6 heterocycles. The number of sulfone groups is 1. The molecule has 2 aliphatic rings. The summed E-state index contributed by atoms with van der Waals surface area (Å²) in [6, 6.07) is 7.87.